The van der Waals surface area contributed by atoms with Crippen LogP contribution in [0.25, 0.3) is 0 Å². The highest BCUT2D eigenvalue weighted by Crippen LogP contribution is 2.27. The fourth-order valence-corrected chi connectivity index (χ4v) is 4.31. The molecule has 0 aliphatic carbocycles. The molecule has 8 heteroatoms. The quantitative estimate of drug-likeness (QED) is 0.560. The van der Waals surface area contributed by atoms with Crippen molar-refractivity contribution in [3.05, 3.63) is 59.7 Å². The first-order valence-electron chi connectivity index (χ1n) is 12.1. The number of hydrogen-bond acceptors (Lipinski definition) is 6. The summed E-state index contributed by atoms with van der Waals surface area (Å²) in [6.07, 6.45) is 2.24. The lowest BCUT2D eigenvalue weighted by Crippen LogP contribution is -2.41. The van der Waals surface area contributed by atoms with Crippen LogP contribution in [0.2, 0.25) is 0 Å². The van der Waals surface area contributed by atoms with E-state index in [0.717, 1.165) is 70.0 Å². The third-order valence-electron chi connectivity index (χ3n) is 6.13. The van der Waals surface area contributed by atoms with E-state index in [2.05, 4.69) is 20.4 Å². The first kappa shape index (κ1) is 24.2. The number of ether oxygens (including phenoxy) is 2. The second kappa shape index (κ2) is 12.5. The number of morpholine rings is 1. The highest BCUT2D eigenvalue weighted by Gasteiger charge is 2.21. The van der Waals surface area contributed by atoms with E-state index in [4.69, 9.17) is 9.47 Å². The molecule has 0 atom stereocenters. The molecule has 2 aromatic carbocycles. The predicted octanol–water partition coefficient (Wildman–Crippen LogP) is 2.50. The number of anilines is 2. The smallest absolute Gasteiger partial charge is 0.253 e. The van der Waals surface area contributed by atoms with Gasteiger partial charge in [0.15, 0.2) is 0 Å². The SMILES string of the molecule is O=C(COCc1ccccc1)Nc1ccc(N2CCCC2)c(C(=O)NCCN2CCOCC2)c1. The number of hydrogen-bond donors (Lipinski definition) is 2. The fraction of sp³-hybridized carbons (Fsp3) is 0.462. The zero-order valence-electron chi connectivity index (χ0n) is 19.6. The van der Waals surface area contributed by atoms with Crippen molar-refractivity contribution < 1.29 is 19.1 Å². The van der Waals surface area contributed by atoms with E-state index in [0.29, 0.717) is 24.4 Å². The molecule has 2 aromatic rings. The van der Waals surface area contributed by atoms with Gasteiger partial charge in [-0.05, 0) is 36.6 Å². The van der Waals surface area contributed by atoms with Crippen molar-refractivity contribution >= 4 is 23.2 Å². The highest BCUT2D eigenvalue weighted by atomic mass is 16.5. The molecule has 8 nitrogen and oxygen atoms in total. The van der Waals surface area contributed by atoms with E-state index in [1.54, 1.807) is 6.07 Å². The summed E-state index contributed by atoms with van der Waals surface area (Å²) in [5.74, 6) is -0.366. The van der Waals surface area contributed by atoms with Crippen LogP contribution in [0.3, 0.4) is 0 Å². The van der Waals surface area contributed by atoms with Crippen molar-refractivity contribution in [3.8, 4) is 0 Å². The lowest BCUT2D eigenvalue weighted by atomic mass is 10.1. The molecule has 2 fully saturated rings. The molecule has 182 valence electrons. The molecule has 0 unspecified atom stereocenters. The summed E-state index contributed by atoms with van der Waals surface area (Å²) in [5.41, 5.74) is 3.11. The Kier molecular flexibility index (Phi) is 8.90. The topological polar surface area (TPSA) is 83.1 Å². The largest absolute Gasteiger partial charge is 0.379 e. The summed E-state index contributed by atoms with van der Waals surface area (Å²) >= 11 is 0. The molecule has 2 aliphatic heterocycles. The summed E-state index contributed by atoms with van der Waals surface area (Å²) in [6, 6.07) is 15.3. The van der Waals surface area contributed by atoms with Crippen molar-refractivity contribution in [1.82, 2.24) is 10.2 Å². The molecule has 0 aromatic heterocycles. The standard InChI is InChI=1S/C26H34N4O4/c31-25(20-34-19-21-6-2-1-3-7-21)28-22-8-9-24(30-11-4-5-12-30)23(18-22)26(32)27-10-13-29-14-16-33-17-15-29/h1-3,6-9,18H,4-5,10-17,19-20H2,(H,27,32)(H,28,31). The molecule has 0 spiro atoms. The minimum Gasteiger partial charge on any atom is -0.379 e. The van der Waals surface area contributed by atoms with Gasteiger partial charge in [-0.15, -0.1) is 0 Å². The van der Waals surface area contributed by atoms with E-state index in [9.17, 15) is 9.59 Å². The van der Waals surface area contributed by atoms with Crippen molar-refractivity contribution in [2.75, 3.05) is 69.3 Å². The molecule has 34 heavy (non-hydrogen) atoms. The second-order valence-electron chi connectivity index (χ2n) is 8.66. The Morgan fingerprint density at radius 2 is 1.74 bits per heavy atom. The maximum Gasteiger partial charge on any atom is 0.253 e. The molecule has 2 amide bonds. The molecule has 2 N–H and O–H groups in total. The minimum atomic E-state index is -0.247. The molecule has 4 rings (SSSR count). The Balaban J connectivity index is 1.35. The lowest BCUT2D eigenvalue weighted by molar-refractivity contribution is -0.121. The van der Waals surface area contributed by atoms with Gasteiger partial charge in [-0.3, -0.25) is 14.5 Å². The first-order valence-corrected chi connectivity index (χ1v) is 12.1. The molecule has 0 saturated carbocycles. The van der Waals surface area contributed by atoms with Gasteiger partial charge in [-0.2, -0.15) is 0 Å². The number of nitrogens with one attached hydrogen (secondary N) is 2. The zero-order valence-corrected chi connectivity index (χ0v) is 19.6. The van der Waals surface area contributed by atoms with Crippen molar-refractivity contribution in [2.45, 2.75) is 19.4 Å². The Hall–Kier alpha value is -2.94. The molecular weight excluding hydrogens is 432 g/mol. The lowest BCUT2D eigenvalue weighted by Gasteiger charge is -2.26. The Labute approximate surface area is 201 Å². The summed E-state index contributed by atoms with van der Waals surface area (Å²) < 4.78 is 10.9. The van der Waals surface area contributed by atoms with Crippen LogP contribution in [0.1, 0.15) is 28.8 Å². The Morgan fingerprint density at radius 1 is 0.971 bits per heavy atom. The fourth-order valence-electron chi connectivity index (χ4n) is 4.31. The number of amides is 2. The van der Waals surface area contributed by atoms with Gasteiger partial charge in [0.1, 0.15) is 6.61 Å². The van der Waals surface area contributed by atoms with Gasteiger partial charge in [0.25, 0.3) is 5.91 Å². The Morgan fingerprint density at radius 3 is 2.50 bits per heavy atom. The number of carbonyl (C=O) groups excluding carboxylic acids is 2. The second-order valence-corrected chi connectivity index (χ2v) is 8.66. The average Bonchev–Trinajstić information content (AvgIpc) is 3.40. The third kappa shape index (κ3) is 7.03. The van der Waals surface area contributed by atoms with Crippen LogP contribution in [0.4, 0.5) is 11.4 Å². The number of carbonyl (C=O) groups is 2. The summed E-state index contributed by atoms with van der Waals surface area (Å²) in [7, 11) is 0. The van der Waals surface area contributed by atoms with Gasteiger partial charge in [0.05, 0.1) is 25.4 Å². The molecule has 2 aliphatic rings. The molecule has 2 heterocycles. The summed E-state index contributed by atoms with van der Waals surface area (Å²) in [5, 5.41) is 5.92. The van der Waals surface area contributed by atoms with Crippen LogP contribution in [0.5, 0.6) is 0 Å². The van der Waals surface area contributed by atoms with E-state index < -0.39 is 0 Å². The number of nitrogens with zero attached hydrogens (tertiary/aromatic N) is 2. The van der Waals surface area contributed by atoms with Crippen LogP contribution >= 0.6 is 0 Å². The van der Waals surface area contributed by atoms with Crippen molar-refractivity contribution in [1.29, 1.82) is 0 Å². The van der Waals surface area contributed by atoms with Gasteiger partial charge in [0.2, 0.25) is 5.91 Å². The number of benzene rings is 2. The summed E-state index contributed by atoms with van der Waals surface area (Å²) in [6.45, 7) is 6.83. The third-order valence-corrected chi connectivity index (χ3v) is 6.13. The van der Waals surface area contributed by atoms with E-state index in [1.165, 1.54) is 0 Å². The molecule has 0 radical (unpaired) electrons. The van der Waals surface area contributed by atoms with Crippen LogP contribution in [-0.4, -0.2) is 75.8 Å². The van der Waals surface area contributed by atoms with Gasteiger partial charge in [0, 0.05) is 50.6 Å². The highest BCUT2D eigenvalue weighted by molar-refractivity contribution is 6.02. The average molecular weight is 467 g/mol. The van der Waals surface area contributed by atoms with E-state index >= 15 is 0 Å². The van der Waals surface area contributed by atoms with Gasteiger partial charge in [-0.25, -0.2) is 0 Å². The van der Waals surface area contributed by atoms with Crippen molar-refractivity contribution in [3.63, 3.8) is 0 Å². The molecule has 0 bridgehead atoms. The molecular formula is C26H34N4O4. The van der Waals surface area contributed by atoms with Gasteiger partial charge in [-0.1, -0.05) is 30.3 Å². The predicted molar refractivity (Wildman–Crippen MR) is 132 cm³/mol. The summed E-state index contributed by atoms with van der Waals surface area (Å²) in [4.78, 5) is 30.1. The van der Waals surface area contributed by atoms with Crippen LogP contribution in [-0.2, 0) is 20.9 Å². The van der Waals surface area contributed by atoms with E-state index in [-0.39, 0.29) is 18.4 Å². The maximum atomic E-state index is 13.1. The van der Waals surface area contributed by atoms with Crippen LogP contribution in [0, 0.1) is 0 Å². The van der Waals surface area contributed by atoms with Gasteiger partial charge < -0.3 is 25.0 Å². The van der Waals surface area contributed by atoms with Crippen LogP contribution < -0.4 is 15.5 Å². The Bertz CT molecular complexity index is 941. The number of rotatable bonds is 10. The maximum absolute atomic E-state index is 13.1. The van der Waals surface area contributed by atoms with Crippen LogP contribution in [0.15, 0.2) is 48.5 Å². The molecule has 2 saturated heterocycles. The van der Waals surface area contributed by atoms with Gasteiger partial charge >= 0.3 is 0 Å². The normalized spacial score (nSPS) is 16.4. The minimum absolute atomic E-state index is 0.0517. The van der Waals surface area contributed by atoms with Crippen molar-refractivity contribution in [2.24, 2.45) is 0 Å². The monoisotopic (exact) mass is 466 g/mol. The van der Waals surface area contributed by atoms with E-state index in [1.807, 2.05) is 42.5 Å². The first-order chi connectivity index (χ1) is 16.7. The zero-order chi connectivity index (χ0) is 23.6.